The number of halogens is 2. The molecule has 0 fully saturated rings. The van der Waals surface area contributed by atoms with Crippen molar-refractivity contribution in [1.82, 2.24) is 10.2 Å². The topological polar surface area (TPSA) is 115 Å². The minimum Gasteiger partial charge on any atom is -0.301 e. The van der Waals surface area contributed by atoms with E-state index in [1.165, 1.54) is 0 Å². The molecule has 0 unspecified atom stereocenters. The number of hydrogen-bond acceptors (Lipinski definition) is 6. The second-order valence-corrected chi connectivity index (χ2v) is 5.24. The highest BCUT2D eigenvalue weighted by atomic mass is 32.2. The van der Waals surface area contributed by atoms with Gasteiger partial charge in [0.15, 0.2) is 0 Å². The summed E-state index contributed by atoms with van der Waals surface area (Å²) in [5, 5.41) is 6.89. The summed E-state index contributed by atoms with van der Waals surface area (Å²) in [7, 11) is -5.11. The van der Waals surface area contributed by atoms with Crippen molar-refractivity contribution >= 4 is 32.4 Å². The van der Waals surface area contributed by atoms with E-state index in [9.17, 15) is 22.0 Å². The van der Waals surface area contributed by atoms with Crippen LogP contribution in [0.3, 0.4) is 0 Å². The maximum absolute atomic E-state index is 13.1. The van der Waals surface area contributed by atoms with E-state index in [1.54, 1.807) is 0 Å². The van der Waals surface area contributed by atoms with Crippen LogP contribution in [0.15, 0.2) is 0 Å². The van der Waals surface area contributed by atoms with Crippen LogP contribution in [-0.4, -0.2) is 24.5 Å². The van der Waals surface area contributed by atoms with Gasteiger partial charge in [-0.1, -0.05) is 11.3 Å². The van der Waals surface area contributed by atoms with Crippen LogP contribution >= 0.6 is 11.3 Å². The van der Waals surface area contributed by atoms with Crippen molar-refractivity contribution in [2.45, 2.75) is 12.2 Å². The molecule has 0 atom stereocenters. The van der Waals surface area contributed by atoms with E-state index in [0.29, 0.717) is 0 Å². The standard InChI is InChI=1S/C5H6F2N4O3S2/c1-2(12)9-4-11-10-3(15-4)5(6,7)16(8,13)14/h1H3,(H2,8,13,14)(H,9,11,12). The Balaban J connectivity index is 3.07. The second kappa shape index (κ2) is 3.99. The number of sulfonamides is 1. The zero-order valence-corrected chi connectivity index (χ0v) is 9.40. The Hall–Kier alpha value is -1.20. The van der Waals surface area contributed by atoms with Crippen LogP contribution < -0.4 is 10.5 Å². The number of carbonyl (C=O) groups excluding carboxylic acids is 1. The van der Waals surface area contributed by atoms with Gasteiger partial charge in [-0.25, -0.2) is 13.6 Å². The SMILES string of the molecule is CC(=O)Nc1nnc(C(F)(F)S(N)(=O)=O)s1. The first-order chi connectivity index (χ1) is 7.14. The molecule has 3 N–H and O–H groups in total. The monoisotopic (exact) mass is 272 g/mol. The van der Waals surface area contributed by atoms with Crippen LogP contribution in [0.2, 0.25) is 0 Å². The van der Waals surface area contributed by atoms with Crippen molar-refractivity contribution in [2.75, 3.05) is 5.32 Å². The maximum Gasteiger partial charge on any atom is 0.411 e. The van der Waals surface area contributed by atoms with Crippen LogP contribution in [0.4, 0.5) is 13.9 Å². The van der Waals surface area contributed by atoms with Gasteiger partial charge in [-0.3, -0.25) is 4.79 Å². The van der Waals surface area contributed by atoms with E-state index in [4.69, 9.17) is 0 Å². The number of alkyl halides is 2. The summed E-state index contributed by atoms with van der Waals surface area (Å²) < 4.78 is 47.3. The average Bonchev–Trinajstić information content (AvgIpc) is 2.49. The van der Waals surface area contributed by atoms with Crippen molar-refractivity contribution in [3.8, 4) is 0 Å². The summed E-state index contributed by atoms with van der Waals surface area (Å²) in [4.78, 5) is 10.6. The first kappa shape index (κ1) is 12.9. The van der Waals surface area contributed by atoms with E-state index in [0.717, 1.165) is 6.92 Å². The van der Waals surface area contributed by atoms with Gasteiger partial charge in [0.25, 0.3) is 10.0 Å². The van der Waals surface area contributed by atoms with Crippen LogP contribution in [0, 0.1) is 0 Å². The second-order valence-electron chi connectivity index (χ2n) is 2.66. The first-order valence-electron chi connectivity index (χ1n) is 3.66. The molecule has 0 spiro atoms. The Morgan fingerprint density at radius 3 is 2.50 bits per heavy atom. The fraction of sp³-hybridized carbons (Fsp3) is 0.400. The number of anilines is 1. The molecule has 1 heterocycles. The lowest BCUT2D eigenvalue weighted by atomic mass is 10.7. The number of nitrogens with two attached hydrogens (primary N) is 1. The molecule has 0 aliphatic rings. The molecule has 0 saturated carbocycles. The molecule has 0 bridgehead atoms. The highest BCUT2D eigenvalue weighted by Gasteiger charge is 2.48. The fourth-order valence-corrected chi connectivity index (χ4v) is 2.08. The van der Waals surface area contributed by atoms with Crippen LogP contribution in [0.5, 0.6) is 0 Å². The van der Waals surface area contributed by atoms with Gasteiger partial charge in [-0.05, 0) is 0 Å². The Morgan fingerprint density at radius 2 is 2.06 bits per heavy atom. The smallest absolute Gasteiger partial charge is 0.301 e. The molecule has 0 saturated heterocycles. The summed E-state index contributed by atoms with van der Waals surface area (Å²) in [5.41, 5.74) is 0. The number of primary sulfonamides is 1. The molecular formula is C5H6F2N4O3S2. The summed E-state index contributed by atoms with van der Waals surface area (Å²) in [5.74, 6) is -0.540. The van der Waals surface area contributed by atoms with E-state index in [2.05, 4.69) is 20.7 Å². The number of nitrogens with zero attached hydrogens (tertiary/aromatic N) is 2. The first-order valence-corrected chi connectivity index (χ1v) is 6.02. The van der Waals surface area contributed by atoms with Gasteiger partial charge in [-0.15, -0.1) is 10.2 Å². The molecule has 7 nitrogen and oxygen atoms in total. The summed E-state index contributed by atoms with van der Waals surface area (Å²) in [6.07, 6.45) is 0. The van der Waals surface area contributed by atoms with E-state index in [1.807, 2.05) is 0 Å². The summed E-state index contributed by atoms with van der Waals surface area (Å²) >= 11 is 0.232. The Bertz CT molecular complexity index is 511. The van der Waals surface area contributed by atoms with Gasteiger partial charge >= 0.3 is 5.25 Å². The van der Waals surface area contributed by atoms with Gasteiger partial charge in [0.05, 0.1) is 0 Å². The number of aromatic nitrogens is 2. The lowest BCUT2D eigenvalue weighted by Gasteiger charge is -2.08. The highest BCUT2D eigenvalue weighted by molar-refractivity contribution is 7.89. The van der Waals surface area contributed by atoms with Crippen LogP contribution in [-0.2, 0) is 20.1 Å². The molecule has 1 aromatic heterocycles. The van der Waals surface area contributed by atoms with Gasteiger partial charge in [0, 0.05) is 6.92 Å². The quantitative estimate of drug-likeness (QED) is 0.793. The third-order valence-electron chi connectivity index (χ3n) is 1.31. The predicted octanol–water partition coefficient (Wildman–Crippen LogP) is -0.166. The molecular weight excluding hydrogens is 266 g/mol. The Labute approximate surface area is 92.7 Å². The summed E-state index contributed by atoms with van der Waals surface area (Å²) in [6, 6.07) is 0. The molecule has 1 amide bonds. The molecule has 0 aliphatic heterocycles. The predicted molar refractivity (Wildman–Crippen MR) is 51.2 cm³/mol. The molecule has 1 aromatic rings. The van der Waals surface area contributed by atoms with Gasteiger partial charge < -0.3 is 5.32 Å². The lowest BCUT2D eigenvalue weighted by Crippen LogP contribution is -2.32. The van der Waals surface area contributed by atoms with Crippen molar-refractivity contribution in [3.05, 3.63) is 5.01 Å². The van der Waals surface area contributed by atoms with Crippen molar-refractivity contribution in [2.24, 2.45) is 5.14 Å². The number of amides is 1. The largest absolute Gasteiger partial charge is 0.411 e. The van der Waals surface area contributed by atoms with Gasteiger partial charge in [-0.2, -0.15) is 8.78 Å². The third-order valence-corrected chi connectivity index (χ3v) is 3.26. The van der Waals surface area contributed by atoms with Crippen molar-refractivity contribution in [1.29, 1.82) is 0 Å². The van der Waals surface area contributed by atoms with Crippen LogP contribution in [0.1, 0.15) is 11.9 Å². The van der Waals surface area contributed by atoms with Crippen molar-refractivity contribution < 1.29 is 22.0 Å². The molecule has 0 aliphatic carbocycles. The minimum atomic E-state index is -5.11. The Morgan fingerprint density at radius 1 is 1.50 bits per heavy atom. The molecule has 1 rings (SSSR count). The zero-order valence-electron chi connectivity index (χ0n) is 7.77. The maximum atomic E-state index is 13.1. The van der Waals surface area contributed by atoms with Gasteiger partial charge in [0.1, 0.15) is 0 Å². The molecule has 16 heavy (non-hydrogen) atoms. The molecule has 90 valence electrons. The zero-order chi connectivity index (χ0) is 12.6. The number of nitrogens with one attached hydrogen (secondary N) is 1. The number of rotatable bonds is 3. The van der Waals surface area contributed by atoms with Gasteiger partial charge in [0.2, 0.25) is 16.0 Å². The summed E-state index contributed by atoms with van der Waals surface area (Å²) in [6.45, 7) is 1.14. The van der Waals surface area contributed by atoms with Crippen LogP contribution in [0.25, 0.3) is 0 Å². The molecule has 11 heteroatoms. The van der Waals surface area contributed by atoms with E-state index < -0.39 is 26.2 Å². The number of hydrogen-bond donors (Lipinski definition) is 2. The molecule has 0 radical (unpaired) electrons. The lowest BCUT2D eigenvalue weighted by molar-refractivity contribution is -0.114. The molecule has 0 aromatic carbocycles. The fourth-order valence-electron chi connectivity index (χ4n) is 0.664. The average molecular weight is 272 g/mol. The number of carbonyl (C=O) groups is 1. The normalized spacial score (nSPS) is 12.5. The van der Waals surface area contributed by atoms with E-state index in [-0.39, 0.29) is 16.5 Å². The Kier molecular flexibility index (Phi) is 3.21. The highest BCUT2D eigenvalue weighted by Crippen LogP contribution is 2.35. The van der Waals surface area contributed by atoms with Crippen molar-refractivity contribution in [3.63, 3.8) is 0 Å². The third kappa shape index (κ3) is 2.48. The minimum absolute atomic E-state index is 0.231. The van der Waals surface area contributed by atoms with E-state index >= 15 is 0 Å².